The minimum absolute atomic E-state index is 0.268. The SMILES string of the molecule is CNc1ccc(C(=O)NCCc2ccc(Cl)cc2Cl)nn1. The zero-order valence-electron chi connectivity index (χ0n) is 11.4. The molecular formula is C14H14Cl2N4O. The fourth-order valence-electron chi connectivity index (χ4n) is 1.71. The van der Waals surface area contributed by atoms with Crippen molar-refractivity contribution < 1.29 is 4.79 Å². The van der Waals surface area contributed by atoms with Gasteiger partial charge in [-0.3, -0.25) is 4.79 Å². The summed E-state index contributed by atoms with van der Waals surface area (Å²) in [7, 11) is 1.74. The van der Waals surface area contributed by atoms with E-state index in [1.54, 1.807) is 31.3 Å². The summed E-state index contributed by atoms with van der Waals surface area (Å²) in [6, 6.07) is 8.61. The number of nitrogens with one attached hydrogen (secondary N) is 2. The Morgan fingerprint density at radius 1 is 1.19 bits per heavy atom. The first-order valence-corrected chi connectivity index (χ1v) is 7.09. The van der Waals surface area contributed by atoms with E-state index in [9.17, 15) is 4.79 Å². The van der Waals surface area contributed by atoms with Gasteiger partial charge in [-0.1, -0.05) is 29.3 Å². The van der Waals surface area contributed by atoms with E-state index in [0.29, 0.717) is 28.8 Å². The van der Waals surface area contributed by atoms with Crippen LogP contribution in [0, 0.1) is 0 Å². The summed E-state index contributed by atoms with van der Waals surface area (Å²) in [5.74, 6) is 0.342. The van der Waals surface area contributed by atoms with Gasteiger partial charge in [-0.15, -0.1) is 10.2 Å². The van der Waals surface area contributed by atoms with Crippen LogP contribution in [0.1, 0.15) is 16.1 Å². The lowest BCUT2D eigenvalue weighted by Crippen LogP contribution is -2.26. The summed E-state index contributed by atoms with van der Waals surface area (Å²) in [5.41, 5.74) is 1.20. The molecule has 0 saturated carbocycles. The van der Waals surface area contributed by atoms with Gasteiger partial charge in [0.2, 0.25) is 0 Å². The van der Waals surface area contributed by atoms with Crippen LogP contribution in [0.15, 0.2) is 30.3 Å². The second kappa shape index (κ2) is 7.24. The standard InChI is InChI=1S/C14H14Cl2N4O/c1-17-13-5-4-12(19-20-13)14(21)18-7-6-9-2-3-10(15)8-11(9)16/h2-5,8H,6-7H2,1H3,(H,17,20)(H,18,21). The van der Waals surface area contributed by atoms with Crippen LogP contribution in [0.3, 0.4) is 0 Å². The van der Waals surface area contributed by atoms with Gasteiger partial charge in [-0.25, -0.2) is 0 Å². The number of rotatable bonds is 5. The van der Waals surface area contributed by atoms with Gasteiger partial charge < -0.3 is 10.6 Å². The maximum absolute atomic E-state index is 11.9. The molecule has 1 heterocycles. The Hall–Kier alpha value is -1.85. The van der Waals surface area contributed by atoms with Gasteiger partial charge in [0.1, 0.15) is 5.82 Å². The van der Waals surface area contributed by atoms with Crippen molar-refractivity contribution in [3.8, 4) is 0 Å². The molecule has 5 nitrogen and oxygen atoms in total. The number of halogens is 2. The normalized spacial score (nSPS) is 10.2. The Bertz CT molecular complexity index is 631. The van der Waals surface area contributed by atoms with Crippen LogP contribution < -0.4 is 10.6 Å². The number of carbonyl (C=O) groups excluding carboxylic acids is 1. The number of amides is 1. The van der Waals surface area contributed by atoms with E-state index in [2.05, 4.69) is 20.8 Å². The summed E-state index contributed by atoms with van der Waals surface area (Å²) in [4.78, 5) is 11.9. The molecule has 21 heavy (non-hydrogen) atoms. The fraction of sp³-hybridized carbons (Fsp3) is 0.214. The lowest BCUT2D eigenvalue weighted by atomic mass is 10.1. The monoisotopic (exact) mass is 324 g/mol. The van der Waals surface area contributed by atoms with Crippen molar-refractivity contribution in [2.75, 3.05) is 18.9 Å². The van der Waals surface area contributed by atoms with Crippen molar-refractivity contribution >= 4 is 34.9 Å². The topological polar surface area (TPSA) is 66.9 Å². The quantitative estimate of drug-likeness (QED) is 0.887. The molecule has 0 fully saturated rings. The van der Waals surface area contributed by atoms with Crippen molar-refractivity contribution in [3.63, 3.8) is 0 Å². The van der Waals surface area contributed by atoms with E-state index in [1.165, 1.54) is 0 Å². The number of hydrogen-bond acceptors (Lipinski definition) is 4. The van der Waals surface area contributed by atoms with Crippen molar-refractivity contribution in [1.82, 2.24) is 15.5 Å². The molecule has 0 aliphatic carbocycles. The van der Waals surface area contributed by atoms with E-state index in [0.717, 1.165) is 5.56 Å². The summed E-state index contributed by atoms with van der Waals surface area (Å²) in [6.45, 7) is 0.454. The highest BCUT2D eigenvalue weighted by atomic mass is 35.5. The first-order valence-electron chi connectivity index (χ1n) is 6.34. The molecule has 0 aliphatic rings. The lowest BCUT2D eigenvalue weighted by Gasteiger charge is -2.07. The molecule has 0 saturated heterocycles. The third-order valence-corrected chi connectivity index (χ3v) is 3.44. The van der Waals surface area contributed by atoms with Gasteiger partial charge in [0.25, 0.3) is 5.91 Å². The molecule has 1 aromatic heterocycles. The molecule has 0 atom stereocenters. The van der Waals surface area contributed by atoms with Crippen LogP contribution >= 0.6 is 23.2 Å². The van der Waals surface area contributed by atoms with Crippen LogP contribution in [-0.2, 0) is 6.42 Å². The van der Waals surface area contributed by atoms with Gasteiger partial charge in [-0.2, -0.15) is 0 Å². The molecule has 0 unspecified atom stereocenters. The van der Waals surface area contributed by atoms with Crippen LogP contribution in [0.25, 0.3) is 0 Å². The third kappa shape index (κ3) is 4.31. The number of benzene rings is 1. The van der Waals surface area contributed by atoms with E-state index in [-0.39, 0.29) is 11.6 Å². The number of anilines is 1. The largest absolute Gasteiger partial charge is 0.372 e. The molecule has 0 bridgehead atoms. The van der Waals surface area contributed by atoms with Gasteiger partial charge >= 0.3 is 0 Å². The molecule has 1 aromatic carbocycles. The number of nitrogens with zero attached hydrogens (tertiary/aromatic N) is 2. The maximum Gasteiger partial charge on any atom is 0.271 e. The Kier molecular flexibility index (Phi) is 5.36. The van der Waals surface area contributed by atoms with Gasteiger partial charge in [0, 0.05) is 23.6 Å². The van der Waals surface area contributed by atoms with Gasteiger partial charge in [0.05, 0.1) is 0 Å². The minimum Gasteiger partial charge on any atom is -0.372 e. The number of aromatic nitrogens is 2. The van der Waals surface area contributed by atoms with Crippen LogP contribution in [0.2, 0.25) is 10.0 Å². The zero-order valence-corrected chi connectivity index (χ0v) is 12.9. The van der Waals surface area contributed by atoms with Gasteiger partial charge in [0.15, 0.2) is 5.69 Å². The molecule has 7 heteroatoms. The van der Waals surface area contributed by atoms with E-state index < -0.39 is 0 Å². The molecule has 2 rings (SSSR count). The molecular weight excluding hydrogens is 311 g/mol. The maximum atomic E-state index is 11.9. The minimum atomic E-state index is -0.268. The van der Waals surface area contributed by atoms with Crippen molar-refractivity contribution in [2.45, 2.75) is 6.42 Å². The van der Waals surface area contributed by atoms with Crippen LogP contribution in [-0.4, -0.2) is 29.7 Å². The second-order valence-corrected chi connectivity index (χ2v) is 5.14. The summed E-state index contributed by atoms with van der Waals surface area (Å²) in [6.07, 6.45) is 0.615. The molecule has 0 spiro atoms. The van der Waals surface area contributed by atoms with Crippen LogP contribution in [0.5, 0.6) is 0 Å². The number of hydrogen-bond donors (Lipinski definition) is 2. The zero-order chi connectivity index (χ0) is 15.2. The average Bonchev–Trinajstić information content (AvgIpc) is 2.49. The second-order valence-electron chi connectivity index (χ2n) is 4.30. The highest BCUT2D eigenvalue weighted by Crippen LogP contribution is 2.21. The summed E-state index contributed by atoms with van der Waals surface area (Å²) < 4.78 is 0. The van der Waals surface area contributed by atoms with Crippen molar-refractivity contribution in [3.05, 3.63) is 51.6 Å². The highest BCUT2D eigenvalue weighted by molar-refractivity contribution is 6.35. The molecule has 1 amide bonds. The smallest absolute Gasteiger partial charge is 0.271 e. The van der Waals surface area contributed by atoms with Crippen molar-refractivity contribution in [1.29, 1.82) is 0 Å². The molecule has 110 valence electrons. The van der Waals surface area contributed by atoms with Gasteiger partial charge in [-0.05, 0) is 36.2 Å². The fourth-order valence-corrected chi connectivity index (χ4v) is 2.22. The van der Waals surface area contributed by atoms with E-state index in [1.807, 2.05) is 6.07 Å². The lowest BCUT2D eigenvalue weighted by molar-refractivity contribution is 0.0948. The van der Waals surface area contributed by atoms with E-state index in [4.69, 9.17) is 23.2 Å². The number of carbonyl (C=O) groups is 1. The third-order valence-electron chi connectivity index (χ3n) is 2.85. The van der Waals surface area contributed by atoms with E-state index >= 15 is 0 Å². The summed E-state index contributed by atoms with van der Waals surface area (Å²) in [5, 5.41) is 14.5. The molecule has 2 aromatic rings. The summed E-state index contributed by atoms with van der Waals surface area (Å²) >= 11 is 11.9. The Morgan fingerprint density at radius 3 is 2.62 bits per heavy atom. The average molecular weight is 325 g/mol. The Labute approximate surface area is 132 Å². The predicted octanol–water partition coefficient (Wildman–Crippen LogP) is 2.80. The van der Waals surface area contributed by atoms with Crippen LogP contribution in [0.4, 0.5) is 5.82 Å². The predicted molar refractivity (Wildman–Crippen MR) is 84.1 cm³/mol. The first kappa shape index (κ1) is 15.5. The Balaban J connectivity index is 1.88. The molecule has 2 N–H and O–H groups in total. The first-order chi connectivity index (χ1) is 10.1. The molecule has 0 aliphatic heterocycles. The highest BCUT2D eigenvalue weighted by Gasteiger charge is 2.08. The van der Waals surface area contributed by atoms with Crippen molar-refractivity contribution in [2.24, 2.45) is 0 Å². The molecule has 0 radical (unpaired) electrons. The Morgan fingerprint density at radius 2 is 2.00 bits per heavy atom.